The normalized spacial score (nSPS) is 12.5. The fourth-order valence-electron chi connectivity index (χ4n) is 1.66. The maximum absolute atomic E-state index is 9.45. The minimum atomic E-state index is -0.204. The largest absolute Gasteiger partial charge is 0.504 e. The van der Waals surface area contributed by atoms with Crippen LogP contribution in [0.4, 0.5) is 0 Å². The Hall–Kier alpha value is -2.08. The van der Waals surface area contributed by atoms with Crippen LogP contribution in [0.2, 0.25) is 0 Å². The van der Waals surface area contributed by atoms with Crippen LogP contribution in [0.3, 0.4) is 0 Å². The predicted molar refractivity (Wildman–Crippen MR) is 70.0 cm³/mol. The molecule has 0 saturated heterocycles. The van der Waals surface area contributed by atoms with Crippen LogP contribution in [0.1, 0.15) is 25.7 Å². The summed E-state index contributed by atoms with van der Waals surface area (Å²) in [5.41, 5.74) is 0.598. The molecule has 0 fully saturated rings. The third-order valence-electron chi connectivity index (χ3n) is 2.80. The van der Waals surface area contributed by atoms with E-state index >= 15 is 0 Å². The van der Waals surface area contributed by atoms with Gasteiger partial charge in [-0.2, -0.15) is 4.98 Å². The highest BCUT2D eigenvalue weighted by Crippen LogP contribution is 2.29. The lowest BCUT2D eigenvalue weighted by Crippen LogP contribution is -2.19. The van der Waals surface area contributed by atoms with Crippen LogP contribution in [0.5, 0.6) is 11.5 Å². The quantitative estimate of drug-likeness (QED) is 0.713. The fraction of sp³-hybridized carbons (Fsp3) is 0.385. The van der Waals surface area contributed by atoms with Crippen molar-refractivity contribution in [1.82, 2.24) is 15.5 Å². The maximum Gasteiger partial charge on any atom is 0.231 e. The summed E-state index contributed by atoms with van der Waals surface area (Å²) in [7, 11) is 0. The van der Waals surface area contributed by atoms with Crippen molar-refractivity contribution in [2.45, 2.75) is 19.8 Å². The lowest BCUT2D eigenvalue weighted by Gasteiger charge is -2.05. The molecular weight excluding hydrogens is 246 g/mol. The first-order chi connectivity index (χ1) is 9.11. The first-order valence-corrected chi connectivity index (χ1v) is 6.18. The Morgan fingerprint density at radius 2 is 2.11 bits per heavy atom. The fourth-order valence-corrected chi connectivity index (χ4v) is 1.66. The number of aromatic nitrogens is 2. The molecule has 0 aliphatic carbocycles. The summed E-state index contributed by atoms with van der Waals surface area (Å²) < 4.78 is 5.20. The molecule has 0 spiro atoms. The van der Waals surface area contributed by atoms with Crippen molar-refractivity contribution in [3.63, 3.8) is 0 Å². The molecule has 2 rings (SSSR count). The van der Waals surface area contributed by atoms with Crippen molar-refractivity contribution in [1.29, 1.82) is 0 Å². The molecule has 0 bridgehead atoms. The highest BCUT2D eigenvalue weighted by Gasteiger charge is 2.15. The molecule has 0 amide bonds. The Morgan fingerprint density at radius 3 is 2.79 bits per heavy atom. The van der Waals surface area contributed by atoms with Gasteiger partial charge in [-0.15, -0.1) is 0 Å². The number of benzene rings is 1. The van der Waals surface area contributed by atoms with Crippen molar-refractivity contribution in [3.8, 4) is 22.9 Å². The molecular formula is C13H17N3O3. The zero-order chi connectivity index (χ0) is 13.8. The van der Waals surface area contributed by atoms with E-state index in [2.05, 4.69) is 15.5 Å². The van der Waals surface area contributed by atoms with Crippen LogP contribution >= 0.6 is 0 Å². The van der Waals surface area contributed by atoms with Crippen LogP contribution in [-0.2, 0) is 0 Å². The van der Waals surface area contributed by atoms with Crippen molar-refractivity contribution in [3.05, 3.63) is 24.1 Å². The van der Waals surface area contributed by atoms with E-state index in [9.17, 15) is 10.2 Å². The average molecular weight is 263 g/mol. The monoisotopic (exact) mass is 263 g/mol. The second kappa shape index (κ2) is 5.71. The standard InChI is InChI=1S/C13H17N3O3/c1-3-14-7-8(2)13-15-12(16-19-13)9-4-5-10(17)11(18)6-9/h4-6,8,14,17-18H,3,7H2,1-2H3. The Labute approximate surface area is 111 Å². The van der Waals surface area contributed by atoms with Gasteiger partial charge in [-0.1, -0.05) is 19.0 Å². The molecule has 19 heavy (non-hydrogen) atoms. The van der Waals surface area contributed by atoms with Crippen LogP contribution in [0.25, 0.3) is 11.4 Å². The number of phenols is 2. The lowest BCUT2D eigenvalue weighted by atomic mass is 10.1. The third kappa shape index (κ3) is 3.03. The minimum Gasteiger partial charge on any atom is -0.504 e. The molecule has 1 aromatic carbocycles. The lowest BCUT2D eigenvalue weighted by molar-refractivity contribution is 0.355. The van der Waals surface area contributed by atoms with E-state index in [1.54, 1.807) is 6.07 Å². The van der Waals surface area contributed by atoms with E-state index in [4.69, 9.17) is 4.52 Å². The van der Waals surface area contributed by atoms with Gasteiger partial charge < -0.3 is 20.1 Å². The van der Waals surface area contributed by atoms with Gasteiger partial charge in [-0.25, -0.2) is 0 Å². The zero-order valence-electron chi connectivity index (χ0n) is 10.9. The van der Waals surface area contributed by atoms with Crippen LogP contribution in [0.15, 0.2) is 22.7 Å². The highest BCUT2D eigenvalue weighted by molar-refractivity contribution is 5.59. The van der Waals surface area contributed by atoms with Gasteiger partial charge in [0.2, 0.25) is 11.7 Å². The summed E-state index contributed by atoms with van der Waals surface area (Å²) in [5, 5.41) is 25.8. The molecule has 1 aromatic heterocycles. The summed E-state index contributed by atoms with van der Waals surface area (Å²) in [4.78, 5) is 4.29. The van der Waals surface area contributed by atoms with E-state index in [0.29, 0.717) is 17.3 Å². The number of rotatable bonds is 5. The van der Waals surface area contributed by atoms with E-state index < -0.39 is 0 Å². The van der Waals surface area contributed by atoms with E-state index in [-0.39, 0.29) is 17.4 Å². The van der Waals surface area contributed by atoms with Gasteiger partial charge in [0.15, 0.2) is 11.5 Å². The number of hydrogen-bond donors (Lipinski definition) is 3. The van der Waals surface area contributed by atoms with Crippen molar-refractivity contribution >= 4 is 0 Å². The number of aromatic hydroxyl groups is 2. The van der Waals surface area contributed by atoms with Gasteiger partial charge in [0.05, 0.1) is 0 Å². The molecule has 0 saturated carbocycles. The second-order valence-electron chi connectivity index (χ2n) is 4.37. The van der Waals surface area contributed by atoms with Crippen molar-refractivity contribution in [2.24, 2.45) is 0 Å². The summed E-state index contributed by atoms with van der Waals surface area (Å²) in [6.45, 7) is 5.68. The summed E-state index contributed by atoms with van der Waals surface area (Å²) in [5.74, 6) is 0.682. The smallest absolute Gasteiger partial charge is 0.231 e. The average Bonchev–Trinajstić information content (AvgIpc) is 2.89. The van der Waals surface area contributed by atoms with Gasteiger partial charge in [-0.05, 0) is 24.7 Å². The zero-order valence-corrected chi connectivity index (χ0v) is 10.9. The van der Waals surface area contributed by atoms with Gasteiger partial charge in [-0.3, -0.25) is 0 Å². The van der Waals surface area contributed by atoms with Crippen LogP contribution in [-0.4, -0.2) is 33.4 Å². The van der Waals surface area contributed by atoms with Gasteiger partial charge >= 0.3 is 0 Å². The predicted octanol–water partition coefficient (Wildman–Crippen LogP) is 1.86. The Morgan fingerprint density at radius 1 is 1.32 bits per heavy atom. The Kier molecular flexibility index (Phi) is 4.01. The summed E-state index contributed by atoms with van der Waals surface area (Å²) in [6, 6.07) is 4.42. The third-order valence-corrected chi connectivity index (χ3v) is 2.80. The molecule has 0 aliphatic rings. The van der Waals surface area contributed by atoms with Crippen molar-refractivity contribution < 1.29 is 14.7 Å². The number of hydrogen-bond acceptors (Lipinski definition) is 6. The number of likely N-dealkylation sites (N-methyl/N-ethyl adjacent to an activating group) is 1. The first-order valence-electron chi connectivity index (χ1n) is 6.18. The molecule has 1 unspecified atom stereocenters. The van der Waals surface area contributed by atoms with E-state index in [1.165, 1.54) is 12.1 Å². The molecule has 6 heteroatoms. The topological polar surface area (TPSA) is 91.4 Å². The SMILES string of the molecule is CCNCC(C)c1nc(-c2ccc(O)c(O)c2)no1. The van der Waals surface area contributed by atoms with E-state index in [1.807, 2.05) is 13.8 Å². The molecule has 102 valence electrons. The van der Waals surface area contributed by atoms with Gasteiger partial charge in [0, 0.05) is 18.0 Å². The van der Waals surface area contributed by atoms with Gasteiger partial charge in [0.25, 0.3) is 0 Å². The van der Waals surface area contributed by atoms with Crippen LogP contribution in [0, 0.1) is 0 Å². The summed E-state index contributed by atoms with van der Waals surface area (Å²) >= 11 is 0. The van der Waals surface area contributed by atoms with Gasteiger partial charge in [0.1, 0.15) is 0 Å². The Bertz CT molecular complexity index is 554. The molecule has 0 aliphatic heterocycles. The molecule has 2 aromatic rings. The molecule has 1 atom stereocenters. The summed E-state index contributed by atoms with van der Waals surface area (Å²) in [6.07, 6.45) is 0. The first kappa shape index (κ1) is 13.4. The highest BCUT2D eigenvalue weighted by atomic mass is 16.5. The number of phenolic OH excluding ortho intramolecular Hbond substituents is 2. The second-order valence-corrected chi connectivity index (χ2v) is 4.37. The molecule has 0 radical (unpaired) electrons. The molecule has 6 nitrogen and oxygen atoms in total. The maximum atomic E-state index is 9.45. The Balaban J connectivity index is 2.18. The van der Waals surface area contributed by atoms with E-state index in [0.717, 1.165) is 13.1 Å². The van der Waals surface area contributed by atoms with Crippen LogP contribution < -0.4 is 5.32 Å². The number of nitrogens with one attached hydrogen (secondary N) is 1. The number of nitrogens with zero attached hydrogens (tertiary/aromatic N) is 2. The minimum absolute atomic E-state index is 0.118. The van der Waals surface area contributed by atoms with Crippen molar-refractivity contribution in [2.75, 3.05) is 13.1 Å². The molecule has 1 heterocycles. The molecule has 3 N–H and O–H groups in total.